The lowest BCUT2D eigenvalue weighted by atomic mass is 10.3. The van der Waals surface area contributed by atoms with Crippen molar-refractivity contribution in [2.45, 2.75) is 20.8 Å². The Hall–Kier alpha value is -1.31. The molecule has 0 atom stereocenters. The first-order chi connectivity index (χ1) is 5.68. The highest BCUT2D eigenvalue weighted by Gasteiger charge is 2.01. The highest BCUT2D eigenvalue weighted by Crippen LogP contribution is 2.12. The van der Waals surface area contributed by atoms with Gasteiger partial charge < -0.3 is 4.40 Å². The van der Waals surface area contributed by atoms with Crippen LogP contribution in [0, 0.1) is 20.8 Å². The molecule has 0 aliphatic rings. The van der Waals surface area contributed by atoms with E-state index in [1.54, 1.807) is 0 Å². The van der Waals surface area contributed by atoms with Gasteiger partial charge in [-0.05, 0) is 38.5 Å². The van der Waals surface area contributed by atoms with Gasteiger partial charge in [-0.3, -0.25) is 0 Å². The van der Waals surface area contributed by atoms with E-state index < -0.39 is 0 Å². The summed E-state index contributed by atoms with van der Waals surface area (Å²) in [7, 11) is 0. The van der Waals surface area contributed by atoms with Gasteiger partial charge in [-0.2, -0.15) is 0 Å². The predicted octanol–water partition coefficient (Wildman–Crippen LogP) is 2.26. The Morgan fingerprint density at radius 2 is 2.00 bits per heavy atom. The van der Waals surface area contributed by atoms with Crippen molar-refractivity contribution < 1.29 is 0 Å². The number of aromatic nitrogens is 2. The molecule has 0 N–H and O–H groups in total. The molecule has 0 spiro atoms. The number of nitrogens with zero attached hydrogens (tertiary/aromatic N) is 2. The van der Waals surface area contributed by atoms with Gasteiger partial charge in [0, 0.05) is 17.6 Å². The number of fused-ring (bicyclic) bond motifs is 1. The second kappa shape index (κ2) is 2.34. The molecule has 2 aromatic rings. The average molecular weight is 160 g/mol. The molecule has 0 saturated carbocycles. The molecule has 0 bridgehead atoms. The summed E-state index contributed by atoms with van der Waals surface area (Å²) < 4.78 is 2.11. The lowest BCUT2D eigenvalue weighted by Crippen LogP contribution is -1.90. The molecule has 2 rings (SSSR count). The van der Waals surface area contributed by atoms with Crippen molar-refractivity contribution >= 4 is 5.65 Å². The van der Waals surface area contributed by atoms with E-state index in [1.165, 1.54) is 11.3 Å². The van der Waals surface area contributed by atoms with Gasteiger partial charge in [-0.15, -0.1) is 0 Å². The third kappa shape index (κ3) is 0.916. The third-order valence-electron chi connectivity index (χ3n) is 2.28. The van der Waals surface area contributed by atoms with Crippen molar-refractivity contribution in [1.29, 1.82) is 0 Å². The standard InChI is InChI=1S/C10H12N2/c1-7-6-10-11-8(2)4-5-12(10)9(7)3/h4-6H,1-3H3. The molecule has 12 heavy (non-hydrogen) atoms. The van der Waals surface area contributed by atoms with Crippen molar-refractivity contribution in [3.05, 3.63) is 35.3 Å². The molecule has 2 heterocycles. The normalized spacial score (nSPS) is 10.9. The summed E-state index contributed by atoms with van der Waals surface area (Å²) in [5.41, 5.74) is 4.69. The zero-order valence-corrected chi connectivity index (χ0v) is 7.63. The maximum atomic E-state index is 4.42. The van der Waals surface area contributed by atoms with Gasteiger partial charge in [-0.1, -0.05) is 0 Å². The second-order valence-electron chi connectivity index (χ2n) is 3.21. The van der Waals surface area contributed by atoms with E-state index in [9.17, 15) is 0 Å². The maximum Gasteiger partial charge on any atom is 0.137 e. The number of rotatable bonds is 0. The van der Waals surface area contributed by atoms with E-state index in [-0.39, 0.29) is 0 Å². The molecule has 0 unspecified atom stereocenters. The largest absolute Gasteiger partial charge is 0.306 e. The summed E-state index contributed by atoms with van der Waals surface area (Å²) in [6.45, 7) is 6.23. The smallest absolute Gasteiger partial charge is 0.137 e. The first-order valence-electron chi connectivity index (χ1n) is 4.10. The maximum absolute atomic E-state index is 4.42. The Kier molecular flexibility index (Phi) is 1.43. The zero-order chi connectivity index (χ0) is 8.72. The van der Waals surface area contributed by atoms with Crippen LogP contribution in [0.25, 0.3) is 5.65 Å². The second-order valence-corrected chi connectivity index (χ2v) is 3.21. The monoisotopic (exact) mass is 160 g/mol. The molecule has 0 amide bonds. The van der Waals surface area contributed by atoms with Crippen LogP contribution in [-0.4, -0.2) is 9.38 Å². The van der Waals surface area contributed by atoms with Crippen molar-refractivity contribution in [3.8, 4) is 0 Å². The Balaban J connectivity index is 2.87. The molecule has 0 aliphatic heterocycles. The Morgan fingerprint density at radius 3 is 2.75 bits per heavy atom. The highest BCUT2D eigenvalue weighted by molar-refractivity contribution is 5.46. The van der Waals surface area contributed by atoms with Crippen LogP contribution in [0.2, 0.25) is 0 Å². The minimum absolute atomic E-state index is 1.05. The summed E-state index contributed by atoms with van der Waals surface area (Å²) in [6.07, 6.45) is 2.07. The van der Waals surface area contributed by atoms with Gasteiger partial charge in [-0.25, -0.2) is 4.98 Å². The Bertz CT molecular complexity index is 427. The van der Waals surface area contributed by atoms with Crippen LogP contribution in [0.4, 0.5) is 0 Å². The first-order valence-corrected chi connectivity index (χ1v) is 4.10. The minimum Gasteiger partial charge on any atom is -0.306 e. The van der Waals surface area contributed by atoms with Crippen LogP contribution in [0.1, 0.15) is 17.0 Å². The average Bonchev–Trinajstić information content (AvgIpc) is 2.28. The summed E-state index contributed by atoms with van der Waals surface area (Å²) in [5, 5.41) is 0. The van der Waals surface area contributed by atoms with Gasteiger partial charge in [0.2, 0.25) is 0 Å². The molecule has 0 aromatic carbocycles. The fourth-order valence-corrected chi connectivity index (χ4v) is 1.40. The number of hydrogen-bond donors (Lipinski definition) is 0. The summed E-state index contributed by atoms with van der Waals surface area (Å²) >= 11 is 0. The molecule has 0 saturated heterocycles. The van der Waals surface area contributed by atoms with Crippen molar-refractivity contribution in [2.24, 2.45) is 0 Å². The summed E-state index contributed by atoms with van der Waals surface area (Å²) in [4.78, 5) is 4.42. The fraction of sp³-hybridized carbons (Fsp3) is 0.300. The summed E-state index contributed by atoms with van der Waals surface area (Å²) in [6, 6.07) is 4.14. The van der Waals surface area contributed by atoms with Crippen LogP contribution in [0.5, 0.6) is 0 Å². The molecule has 0 fully saturated rings. The van der Waals surface area contributed by atoms with Crippen LogP contribution < -0.4 is 0 Å². The Morgan fingerprint density at radius 1 is 1.25 bits per heavy atom. The molecule has 0 radical (unpaired) electrons. The summed E-state index contributed by atoms with van der Waals surface area (Å²) in [5.74, 6) is 0. The van der Waals surface area contributed by atoms with Crippen LogP contribution in [-0.2, 0) is 0 Å². The van der Waals surface area contributed by atoms with Crippen LogP contribution >= 0.6 is 0 Å². The molecule has 2 nitrogen and oxygen atoms in total. The van der Waals surface area contributed by atoms with Crippen molar-refractivity contribution in [3.63, 3.8) is 0 Å². The quantitative estimate of drug-likeness (QED) is 0.577. The molecular weight excluding hydrogens is 148 g/mol. The van der Waals surface area contributed by atoms with E-state index in [0.29, 0.717) is 0 Å². The topological polar surface area (TPSA) is 17.3 Å². The SMILES string of the molecule is Cc1ccn2c(C)c(C)cc2n1. The highest BCUT2D eigenvalue weighted by atomic mass is 15.0. The van der Waals surface area contributed by atoms with Gasteiger partial charge in [0.15, 0.2) is 0 Å². The van der Waals surface area contributed by atoms with Crippen LogP contribution in [0.15, 0.2) is 18.3 Å². The Labute approximate surface area is 71.9 Å². The third-order valence-corrected chi connectivity index (χ3v) is 2.28. The molecular formula is C10H12N2. The molecule has 2 aromatic heterocycles. The molecule has 0 aliphatic carbocycles. The first kappa shape index (κ1) is 7.35. The van der Waals surface area contributed by atoms with E-state index in [1.807, 2.05) is 13.0 Å². The molecule has 2 heteroatoms. The van der Waals surface area contributed by atoms with Gasteiger partial charge in [0.1, 0.15) is 5.65 Å². The zero-order valence-electron chi connectivity index (χ0n) is 7.63. The number of hydrogen-bond acceptors (Lipinski definition) is 1. The van der Waals surface area contributed by atoms with Gasteiger partial charge >= 0.3 is 0 Å². The van der Waals surface area contributed by atoms with Crippen molar-refractivity contribution in [2.75, 3.05) is 0 Å². The predicted molar refractivity (Wildman–Crippen MR) is 49.4 cm³/mol. The van der Waals surface area contributed by atoms with Crippen LogP contribution in [0.3, 0.4) is 0 Å². The number of aryl methyl sites for hydroxylation is 3. The molecule has 62 valence electrons. The van der Waals surface area contributed by atoms with E-state index in [4.69, 9.17) is 0 Å². The minimum atomic E-state index is 1.05. The lowest BCUT2D eigenvalue weighted by molar-refractivity contribution is 1.04. The fourth-order valence-electron chi connectivity index (χ4n) is 1.40. The van der Waals surface area contributed by atoms with E-state index in [2.05, 4.69) is 35.5 Å². The van der Waals surface area contributed by atoms with Gasteiger partial charge in [0.05, 0.1) is 0 Å². The lowest BCUT2D eigenvalue weighted by Gasteiger charge is -1.97. The van der Waals surface area contributed by atoms with Gasteiger partial charge in [0.25, 0.3) is 0 Å². The van der Waals surface area contributed by atoms with E-state index >= 15 is 0 Å². The van der Waals surface area contributed by atoms with Crippen molar-refractivity contribution in [1.82, 2.24) is 9.38 Å². The van der Waals surface area contributed by atoms with E-state index in [0.717, 1.165) is 11.3 Å².